The van der Waals surface area contributed by atoms with E-state index in [0.717, 1.165) is 18.4 Å². The third-order valence-electron chi connectivity index (χ3n) is 3.86. The van der Waals surface area contributed by atoms with Crippen LogP contribution in [0.5, 0.6) is 0 Å². The average Bonchev–Trinajstić information content (AvgIpc) is 3.21. The first-order valence-corrected chi connectivity index (χ1v) is 9.51. The van der Waals surface area contributed by atoms with Crippen molar-refractivity contribution in [3.63, 3.8) is 0 Å². The minimum Gasteiger partial charge on any atom is -0.444 e. The van der Waals surface area contributed by atoms with Gasteiger partial charge < -0.3 is 9.15 Å². The van der Waals surface area contributed by atoms with E-state index in [1.807, 2.05) is 20.8 Å². The normalized spacial score (nSPS) is 17.5. The molecule has 1 aliphatic rings. The standard InChI is InChI=1S/C18H22FN3O3S/c1-18(2,3)25-17(23)22-10-4-5-14(22)15-20-21-16(24-15)26-11-12-6-8-13(19)9-7-12/h6-9,14H,4-5,10-11H2,1-3H3/t14-/m0/s1. The van der Waals surface area contributed by atoms with Gasteiger partial charge >= 0.3 is 6.09 Å². The molecule has 1 saturated heterocycles. The maximum Gasteiger partial charge on any atom is 0.410 e. The van der Waals surface area contributed by atoms with Gasteiger partial charge in [0.15, 0.2) is 0 Å². The summed E-state index contributed by atoms with van der Waals surface area (Å²) in [7, 11) is 0. The minimum absolute atomic E-state index is 0.252. The van der Waals surface area contributed by atoms with E-state index in [2.05, 4.69) is 10.2 Å². The Morgan fingerprint density at radius 3 is 2.77 bits per heavy atom. The number of ether oxygens (including phenoxy) is 1. The number of halogens is 1. The van der Waals surface area contributed by atoms with Crippen LogP contribution in [0, 0.1) is 5.82 Å². The highest BCUT2D eigenvalue weighted by Crippen LogP contribution is 2.34. The predicted molar refractivity (Wildman–Crippen MR) is 95.2 cm³/mol. The number of benzene rings is 1. The Kier molecular flexibility index (Phi) is 5.50. The van der Waals surface area contributed by atoms with E-state index >= 15 is 0 Å². The highest BCUT2D eigenvalue weighted by atomic mass is 32.2. The lowest BCUT2D eigenvalue weighted by molar-refractivity contribution is 0.0201. The molecule has 3 rings (SSSR count). The van der Waals surface area contributed by atoms with Gasteiger partial charge in [-0.2, -0.15) is 0 Å². The van der Waals surface area contributed by atoms with Crippen LogP contribution in [0.25, 0.3) is 0 Å². The molecule has 1 aliphatic heterocycles. The van der Waals surface area contributed by atoms with E-state index in [0.29, 0.717) is 23.4 Å². The number of carbonyl (C=O) groups is 1. The quantitative estimate of drug-likeness (QED) is 0.725. The molecule has 0 N–H and O–H groups in total. The van der Waals surface area contributed by atoms with Gasteiger partial charge in [-0.15, -0.1) is 10.2 Å². The van der Waals surface area contributed by atoms with E-state index in [-0.39, 0.29) is 18.0 Å². The largest absolute Gasteiger partial charge is 0.444 e. The second kappa shape index (κ2) is 7.65. The summed E-state index contributed by atoms with van der Waals surface area (Å²) in [5.41, 5.74) is 0.419. The fourth-order valence-electron chi connectivity index (χ4n) is 2.70. The van der Waals surface area contributed by atoms with Crippen molar-refractivity contribution in [2.45, 2.75) is 56.2 Å². The van der Waals surface area contributed by atoms with Gasteiger partial charge in [-0.3, -0.25) is 4.90 Å². The zero-order chi connectivity index (χ0) is 18.7. The van der Waals surface area contributed by atoms with Crippen LogP contribution in [0.4, 0.5) is 9.18 Å². The van der Waals surface area contributed by atoms with Gasteiger partial charge in [0.25, 0.3) is 5.22 Å². The molecule has 26 heavy (non-hydrogen) atoms. The zero-order valence-electron chi connectivity index (χ0n) is 15.1. The van der Waals surface area contributed by atoms with E-state index < -0.39 is 5.60 Å². The lowest BCUT2D eigenvalue weighted by Gasteiger charge is -2.27. The number of aromatic nitrogens is 2. The van der Waals surface area contributed by atoms with Crippen LogP contribution in [0.2, 0.25) is 0 Å². The minimum atomic E-state index is -0.546. The van der Waals surface area contributed by atoms with Crippen molar-refractivity contribution in [3.05, 3.63) is 41.5 Å². The third kappa shape index (κ3) is 4.75. The number of thioether (sulfide) groups is 1. The first-order valence-electron chi connectivity index (χ1n) is 8.52. The van der Waals surface area contributed by atoms with Gasteiger partial charge in [-0.25, -0.2) is 9.18 Å². The Balaban J connectivity index is 1.62. The average molecular weight is 379 g/mol. The number of likely N-dealkylation sites (tertiary alicyclic amines) is 1. The lowest BCUT2D eigenvalue weighted by atomic mass is 10.2. The third-order valence-corrected chi connectivity index (χ3v) is 4.75. The SMILES string of the molecule is CC(C)(C)OC(=O)N1CCC[C@H]1c1nnc(SCc2ccc(F)cc2)o1. The Morgan fingerprint density at radius 1 is 1.35 bits per heavy atom. The van der Waals surface area contributed by atoms with Crippen molar-refractivity contribution in [1.82, 2.24) is 15.1 Å². The lowest BCUT2D eigenvalue weighted by Crippen LogP contribution is -2.36. The van der Waals surface area contributed by atoms with Gasteiger partial charge in [0, 0.05) is 12.3 Å². The molecule has 6 nitrogen and oxygen atoms in total. The topological polar surface area (TPSA) is 68.5 Å². The van der Waals surface area contributed by atoms with Crippen LogP contribution in [0.1, 0.15) is 51.1 Å². The highest BCUT2D eigenvalue weighted by molar-refractivity contribution is 7.98. The van der Waals surface area contributed by atoms with Gasteiger partial charge in [-0.1, -0.05) is 23.9 Å². The molecule has 1 aromatic heterocycles. The van der Waals surface area contributed by atoms with E-state index in [4.69, 9.17) is 9.15 Å². The van der Waals surface area contributed by atoms with E-state index in [1.165, 1.54) is 23.9 Å². The fourth-order valence-corrected chi connectivity index (χ4v) is 3.43. The van der Waals surface area contributed by atoms with Crippen molar-refractivity contribution in [3.8, 4) is 0 Å². The van der Waals surface area contributed by atoms with E-state index in [9.17, 15) is 9.18 Å². The number of carbonyl (C=O) groups excluding carboxylic acids is 1. The maximum atomic E-state index is 12.9. The van der Waals surface area contributed by atoms with Crippen LogP contribution in [0.3, 0.4) is 0 Å². The molecule has 0 bridgehead atoms. The summed E-state index contributed by atoms with van der Waals surface area (Å²) < 4.78 is 24.1. The van der Waals surface area contributed by atoms with Crippen molar-refractivity contribution < 1.29 is 18.3 Å². The summed E-state index contributed by atoms with van der Waals surface area (Å²) in [5, 5.41) is 8.59. The summed E-state index contributed by atoms with van der Waals surface area (Å²) in [6.45, 7) is 6.13. The number of hydrogen-bond donors (Lipinski definition) is 0. The molecule has 1 aromatic carbocycles. The van der Waals surface area contributed by atoms with Gasteiger partial charge in [-0.05, 0) is 51.3 Å². The summed E-state index contributed by atoms with van der Waals surface area (Å²) in [5.74, 6) is 0.764. The Hall–Kier alpha value is -2.09. The van der Waals surface area contributed by atoms with Crippen molar-refractivity contribution >= 4 is 17.9 Å². The molecule has 0 unspecified atom stereocenters. The number of nitrogens with zero attached hydrogens (tertiary/aromatic N) is 3. The van der Waals surface area contributed by atoms with Crippen LogP contribution >= 0.6 is 11.8 Å². The molecule has 1 atom stereocenters. The molecule has 0 radical (unpaired) electrons. The smallest absolute Gasteiger partial charge is 0.410 e. The molecule has 0 aliphatic carbocycles. The molecular formula is C18H22FN3O3S. The molecular weight excluding hydrogens is 357 g/mol. The van der Waals surface area contributed by atoms with Crippen LogP contribution < -0.4 is 0 Å². The molecule has 0 saturated carbocycles. The summed E-state index contributed by atoms with van der Waals surface area (Å²) >= 11 is 1.38. The molecule has 1 fully saturated rings. The first kappa shape index (κ1) is 18.7. The molecule has 8 heteroatoms. The Labute approximate surface area is 156 Å². The van der Waals surface area contributed by atoms with Gasteiger partial charge in [0.05, 0.1) is 0 Å². The van der Waals surface area contributed by atoms with Crippen LogP contribution in [0.15, 0.2) is 33.9 Å². The zero-order valence-corrected chi connectivity index (χ0v) is 15.9. The van der Waals surface area contributed by atoms with Gasteiger partial charge in [0.2, 0.25) is 5.89 Å². The van der Waals surface area contributed by atoms with Crippen molar-refractivity contribution in [2.75, 3.05) is 6.54 Å². The van der Waals surface area contributed by atoms with E-state index in [1.54, 1.807) is 17.0 Å². The number of rotatable bonds is 4. The van der Waals surface area contributed by atoms with Crippen molar-refractivity contribution in [1.29, 1.82) is 0 Å². The second-order valence-electron chi connectivity index (χ2n) is 7.15. The maximum absolute atomic E-state index is 12.9. The number of amides is 1. The summed E-state index contributed by atoms with van der Waals surface area (Å²) in [6, 6.07) is 6.04. The fraction of sp³-hybridized carbons (Fsp3) is 0.500. The summed E-state index contributed by atoms with van der Waals surface area (Å²) in [4.78, 5) is 14.0. The molecule has 0 spiro atoms. The molecule has 1 amide bonds. The summed E-state index contributed by atoms with van der Waals surface area (Å²) in [6.07, 6.45) is 1.27. The Morgan fingerprint density at radius 2 is 2.08 bits per heavy atom. The molecule has 2 heterocycles. The van der Waals surface area contributed by atoms with Crippen molar-refractivity contribution in [2.24, 2.45) is 0 Å². The van der Waals surface area contributed by atoms with Gasteiger partial charge in [0.1, 0.15) is 17.5 Å². The highest BCUT2D eigenvalue weighted by Gasteiger charge is 2.36. The number of hydrogen-bond acceptors (Lipinski definition) is 6. The second-order valence-corrected chi connectivity index (χ2v) is 8.08. The Bertz CT molecular complexity index is 758. The monoisotopic (exact) mass is 379 g/mol. The predicted octanol–water partition coefficient (Wildman–Crippen LogP) is 4.57. The molecule has 140 valence electrons. The van der Waals surface area contributed by atoms with Crippen LogP contribution in [-0.2, 0) is 10.5 Å². The van der Waals surface area contributed by atoms with Crippen LogP contribution in [-0.4, -0.2) is 33.3 Å². The molecule has 2 aromatic rings. The first-order chi connectivity index (χ1) is 12.3.